The van der Waals surface area contributed by atoms with Gasteiger partial charge in [0, 0.05) is 25.4 Å². The van der Waals surface area contributed by atoms with Crippen LogP contribution in [0.4, 0.5) is 0 Å². The Bertz CT molecular complexity index is 259. The normalized spacial score (nSPS) is 16.1. The van der Waals surface area contributed by atoms with Gasteiger partial charge in [-0.2, -0.15) is 0 Å². The summed E-state index contributed by atoms with van der Waals surface area (Å²) in [5, 5.41) is 8.51. The summed E-state index contributed by atoms with van der Waals surface area (Å²) in [6.45, 7) is 2.80. The van der Waals surface area contributed by atoms with Gasteiger partial charge in [-0.15, -0.1) is 0 Å². The van der Waals surface area contributed by atoms with Crippen molar-refractivity contribution in [2.24, 2.45) is 0 Å². The van der Waals surface area contributed by atoms with Crippen LogP contribution in [0.3, 0.4) is 0 Å². The van der Waals surface area contributed by atoms with Gasteiger partial charge in [0.1, 0.15) is 0 Å². The molecule has 0 saturated heterocycles. The zero-order valence-electron chi connectivity index (χ0n) is 10.7. The average molecular weight is 241 g/mol. The Kier molecular flexibility index (Phi) is 6.01. The summed E-state index contributed by atoms with van der Waals surface area (Å²) in [5.41, 5.74) is 0. The van der Waals surface area contributed by atoms with E-state index in [0.717, 1.165) is 19.4 Å². The number of carbonyl (C=O) groups excluding carboxylic acids is 1. The van der Waals surface area contributed by atoms with Crippen LogP contribution < -0.4 is 0 Å². The summed E-state index contributed by atoms with van der Waals surface area (Å²) in [7, 11) is 0. The number of hydrogen-bond donors (Lipinski definition) is 1. The molecule has 0 unspecified atom stereocenters. The molecular formula is C13H23NO3. The molecule has 1 fully saturated rings. The molecule has 1 rings (SSSR count). The predicted octanol–water partition coefficient (Wildman–Crippen LogP) is 2.42. The Morgan fingerprint density at radius 2 is 1.76 bits per heavy atom. The number of unbranched alkanes of at least 4 members (excludes halogenated alkanes) is 1. The Morgan fingerprint density at radius 3 is 2.29 bits per heavy atom. The third kappa shape index (κ3) is 4.75. The summed E-state index contributed by atoms with van der Waals surface area (Å²) in [6.07, 6.45) is 6.68. The molecule has 0 aliphatic heterocycles. The van der Waals surface area contributed by atoms with Gasteiger partial charge in [0.25, 0.3) is 0 Å². The molecule has 4 heteroatoms. The number of carbonyl (C=O) groups is 2. The molecule has 1 amide bonds. The van der Waals surface area contributed by atoms with Crippen molar-refractivity contribution in [1.29, 1.82) is 0 Å². The molecule has 17 heavy (non-hydrogen) atoms. The van der Waals surface area contributed by atoms with Crippen LogP contribution in [0.5, 0.6) is 0 Å². The number of carboxylic acid groups (broad SMARTS) is 1. The van der Waals surface area contributed by atoms with E-state index in [9.17, 15) is 9.59 Å². The fraction of sp³-hybridized carbons (Fsp3) is 0.846. The van der Waals surface area contributed by atoms with Crippen molar-refractivity contribution in [3.63, 3.8) is 0 Å². The Morgan fingerprint density at radius 1 is 1.18 bits per heavy atom. The number of aliphatic carboxylic acids is 1. The summed E-state index contributed by atoms with van der Waals surface area (Å²) in [5.74, 6) is -0.578. The van der Waals surface area contributed by atoms with Crippen LogP contribution in [0, 0.1) is 0 Å². The number of rotatable bonds is 7. The largest absolute Gasteiger partial charge is 0.481 e. The lowest BCUT2D eigenvalue weighted by atomic mass is 10.1. The highest BCUT2D eigenvalue weighted by Gasteiger charge is 2.24. The van der Waals surface area contributed by atoms with E-state index in [1.54, 1.807) is 0 Å². The van der Waals surface area contributed by atoms with Gasteiger partial charge in [-0.3, -0.25) is 9.59 Å². The van der Waals surface area contributed by atoms with Crippen LogP contribution in [-0.2, 0) is 9.59 Å². The van der Waals surface area contributed by atoms with Crippen LogP contribution in [-0.4, -0.2) is 34.5 Å². The molecule has 0 spiro atoms. The van der Waals surface area contributed by atoms with Crippen LogP contribution in [0.15, 0.2) is 0 Å². The Labute approximate surface area is 103 Å². The highest BCUT2D eigenvalue weighted by Crippen LogP contribution is 2.24. The maximum absolute atomic E-state index is 12.0. The first kappa shape index (κ1) is 14.0. The lowest BCUT2D eigenvalue weighted by Gasteiger charge is -2.27. The molecule has 0 atom stereocenters. The van der Waals surface area contributed by atoms with E-state index in [0.29, 0.717) is 25.3 Å². The van der Waals surface area contributed by atoms with Crippen molar-refractivity contribution in [3.8, 4) is 0 Å². The first-order chi connectivity index (χ1) is 8.15. The quantitative estimate of drug-likeness (QED) is 0.696. The average Bonchev–Trinajstić information content (AvgIpc) is 2.79. The second-order valence-corrected chi connectivity index (χ2v) is 4.72. The minimum atomic E-state index is -0.777. The highest BCUT2D eigenvalue weighted by atomic mass is 16.4. The summed E-state index contributed by atoms with van der Waals surface area (Å²) in [6, 6.07) is 0.437. The zero-order valence-corrected chi connectivity index (χ0v) is 10.7. The first-order valence-corrected chi connectivity index (χ1v) is 6.66. The SMILES string of the molecule is CCN(C(=O)CCCCC(=O)O)C1CCCC1. The highest BCUT2D eigenvalue weighted by molar-refractivity contribution is 5.76. The second kappa shape index (κ2) is 7.30. The summed E-state index contributed by atoms with van der Waals surface area (Å²) < 4.78 is 0. The fourth-order valence-corrected chi connectivity index (χ4v) is 2.55. The third-order valence-electron chi connectivity index (χ3n) is 3.46. The standard InChI is InChI=1S/C13H23NO3/c1-2-14(11-7-3-4-8-11)12(15)9-5-6-10-13(16)17/h11H,2-10H2,1H3,(H,16,17). The van der Waals surface area contributed by atoms with Gasteiger partial charge in [0.2, 0.25) is 5.91 Å². The van der Waals surface area contributed by atoms with Crippen LogP contribution >= 0.6 is 0 Å². The van der Waals surface area contributed by atoms with E-state index < -0.39 is 5.97 Å². The van der Waals surface area contributed by atoms with Gasteiger partial charge in [-0.25, -0.2) is 0 Å². The predicted molar refractivity (Wildman–Crippen MR) is 65.7 cm³/mol. The smallest absolute Gasteiger partial charge is 0.303 e. The number of nitrogens with zero attached hydrogens (tertiary/aromatic N) is 1. The molecule has 0 bridgehead atoms. The molecule has 0 aromatic rings. The van der Waals surface area contributed by atoms with Gasteiger partial charge in [-0.05, 0) is 32.6 Å². The van der Waals surface area contributed by atoms with Crippen LogP contribution in [0.25, 0.3) is 0 Å². The molecule has 1 saturated carbocycles. The number of carboxylic acids is 1. The summed E-state index contributed by atoms with van der Waals surface area (Å²) in [4.78, 5) is 24.3. The third-order valence-corrected chi connectivity index (χ3v) is 3.46. The van der Waals surface area contributed by atoms with Gasteiger partial charge in [-0.1, -0.05) is 12.8 Å². The minimum Gasteiger partial charge on any atom is -0.481 e. The van der Waals surface area contributed by atoms with Crippen molar-refractivity contribution in [3.05, 3.63) is 0 Å². The van der Waals surface area contributed by atoms with Crippen molar-refractivity contribution >= 4 is 11.9 Å². The Hall–Kier alpha value is -1.06. The van der Waals surface area contributed by atoms with Gasteiger partial charge in [0.05, 0.1) is 0 Å². The van der Waals surface area contributed by atoms with Crippen LogP contribution in [0.2, 0.25) is 0 Å². The lowest BCUT2D eigenvalue weighted by Crippen LogP contribution is -2.38. The van der Waals surface area contributed by atoms with Crippen molar-refractivity contribution in [2.75, 3.05) is 6.54 Å². The number of amides is 1. The van der Waals surface area contributed by atoms with Gasteiger partial charge < -0.3 is 10.0 Å². The van der Waals surface area contributed by atoms with E-state index in [1.165, 1.54) is 12.8 Å². The zero-order chi connectivity index (χ0) is 12.7. The van der Waals surface area contributed by atoms with Crippen molar-refractivity contribution in [1.82, 2.24) is 4.90 Å². The Balaban J connectivity index is 2.26. The molecule has 1 aliphatic carbocycles. The monoisotopic (exact) mass is 241 g/mol. The molecule has 0 aromatic heterocycles. The van der Waals surface area contributed by atoms with Gasteiger partial charge in [0.15, 0.2) is 0 Å². The van der Waals surface area contributed by atoms with E-state index in [2.05, 4.69) is 0 Å². The van der Waals surface area contributed by atoms with E-state index in [-0.39, 0.29) is 12.3 Å². The molecule has 4 nitrogen and oxygen atoms in total. The fourth-order valence-electron chi connectivity index (χ4n) is 2.55. The molecule has 1 N–H and O–H groups in total. The molecule has 0 radical (unpaired) electrons. The van der Waals surface area contributed by atoms with E-state index >= 15 is 0 Å². The molecular weight excluding hydrogens is 218 g/mol. The topological polar surface area (TPSA) is 57.6 Å². The summed E-state index contributed by atoms with van der Waals surface area (Å²) >= 11 is 0. The maximum Gasteiger partial charge on any atom is 0.303 e. The minimum absolute atomic E-state index is 0.169. The molecule has 98 valence electrons. The van der Waals surface area contributed by atoms with E-state index in [1.807, 2.05) is 11.8 Å². The second-order valence-electron chi connectivity index (χ2n) is 4.72. The van der Waals surface area contributed by atoms with Gasteiger partial charge >= 0.3 is 5.97 Å². The van der Waals surface area contributed by atoms with Crippen LogP contribution in [0.1, 0.15) is 58.3 Å². The van der Waals surface area contributed by atoms with E-state index in [4.69, 9.17) is 5.11 Å². The molecule has 0 aromatic carbocycles. The molecule has 1 aliphatic rings. The maximum atomic E-state index is 12.0. The van der Waals surface area contributed by atoms with Crippen molar-refractivity contribution in [2.45, 2.75) is 64.3 Å². The van der Waals surface area contributed by atoms with Crippen molar-refractivity contribution < 1.29 is 14.7 Å². The number of hydrogen-bond acceptors (Lipinski definition) is 2. The first-order valence-electron chi connectivity index (χ1n) is 6.66. The lowest BCUT2D eigenvalue weighted by molar-refractivity contribution is -0.138. The molecule has 0 heterocycles.